The summed E-state index contributed by atoms with van der Waals surface area (Å²) < 4.78 is 1.77. The molecular weight excluding hydrogens is 298 g/mol. The van der Waals surface area contributed by atoms with Crippen LogP contribution in [0.1, 0.15) is 12.6 Å². The van der Waals surface area contributed by atoms with Gasteiger partial charge >= 0.3 is 0 Å². The number of nitrogens with zero attached hydrogens (tertiary/aromatic N) is 1. The minimum Gasteiger partial charge on any atom is -0.298 e. The first-order valence-corrected chi connectivity index (χ1v) is 5.16. The topological polar surface area (TPSA) is 30.0 Å². The standard InChI is InChI=1S/C9H7Br2NO/c1-6(5-13)2-9-8(11)3-7(10)4-12-9/h2-5H,1H3/b6-2+. The van der Waals surface area contributed by atoms with Gasteiger partial charge in [-0.25, -0.2) is 0 Å². The van der Waals surface area contributed by atoms with E-state index in [-0.39, 0.29) is 0 Å². The second-order valence-electron chi connectivity index (χ2n) is 2.53. The quantitative estimate of drug-likeness (QED) is 0.620. The van der Waals surface area contributed by atoms with E-state index in [4.69, 9.17) is 0 Å². The SMILES string of the molecule is C/C(C=O)=C\c1ncc(Br)cc1Br. The predicted molar refractivity (Wildman–Crippen MR) is 59.4 cm³/mol. The van der Waals surface area contributed by atoms with Crippen LogP contribution in [0.3, 0.4) is 0 Å². The molecule has 0 bridgehead atoms. The van der Waals surface area contributed by atoms with Crippen molar-refractivity contribution in [2.24, 2.45) is 0 Å². The van der Waals surface area contributed by atoms with Crippen molar-refractivity contribution in [3.05, 3.63) is 32.5 Å². The summed E-state index contributed by atoms with van der Waals surface area (Å²) in [5.74, 6) is 0. The van der Waals surface area contributed by atoms with Crippen LogP contribution in [-0.4, -0.2) is 11.3 Å². The lowest BCUT2D eigenvalue weighted by Gasteiger charge is -1.98. The van der Waals surface area contributed by atoms with Crippen LogP contribution >= 0.6 is 31.9 Å². The molecule has 0 radical (unpaired) electrons. The van der Waals surface area contributed by atoms with Gasteiger partial charge in [-0.1, -0.05) is 0 Å². The Balaban J connectivity index is 3.09. The van der Waals surface area contributed by atoms with Crippen LogP contribution < -0.4 is 0 Å². The molecule has 1 rings (SSSR count). The first-order chi connectivity index (χ1) is 6.13. The monoisotopic (exact) mass is 303 g/mol. The molecule has 13 heavy (non-hydrogen) atoms. The van der Waals surface area contributed by atoms with Crippen LogP contribution in [0.2, 0.25) is 0 Å². The summed E-state index contributed by atoms with van der Waals surface area (Å²) >= 11 is 6.65. The van der Waals surface area contributed by atoms with E-state index in [1.165, 1.54) is 0 Å². The van der Waals surface area contributed by atoms with Crippen LogP contribution in [0, 0.1) is 0 Å². The van der Waals surface area contributed by atoms with Gasteiger partial charge in [-0.05, 0) is 56.5 Å². The lowest BCUT2D eigenvalue weighted by molar-refractivity contribution is -0.104. The summed E-state index contributed by atoms with van der Waals surface area (Å²) in [5.41, 5.74) is 1.41. The molecule has 1 aromatic heterocycles. The molecular formula is C9H7Br2NO. The Morgan fingerprint density at radius 3 is 2.77 bits per heavy atom. The Bertz CT molecular complexity index is 361. The zero-order valence-corrected chi connectivity index (χ0v) is 10.1. The first-order valence-electron chi connectivity index (χ1n) is 3.58. The molecule has 0 saturated carbocycles. The number of aromatic nitrogens is 1. The van der Waals surface area contributed by atoms with Crippen LogP contribution in [-0.2, 0) is 4.79 Å². The normalized spacial score (nSPS) is 11.5. The van der Waals surface area contributed by atoms with Gasteiger partial charge in [0.1, 0.15) is 6.29 Å². The molecule has 1 aromatic rings. The number of aldehydes is 1. The van der Waals surface area contributed by atoms with Gasteiger partial charge in [-0.2, -0.15) is 0 Å². The number of carbonyl (C=O) groups excluding carboxylic acids is 1. The molecule has 0 atom stereocenters. The van der Waals surface area contributed by atoms with Gasteiger partial charge in [0, 0.05) is 15.1 Å². The Kier molecular flexibility index (Phi) is 3.81. The van der Waals surface area contributed by atoms with E-state index < -0.39 is 0 Å². The van der Waals surface area contributed by atoms with Crippen molar-refractivity contribution in [3.8, 4) is 0 Å². The molecule has 0 saturated heterocycles. The zero-order chi connectivity index (χ0) is 9.84. The molecule has 0 aliphatic rings. The summed E-state index contributed by atoms with van der Waals surface area (Å²) in [6.07, 6.45) is 4.22. The molecule has 68 valence electrons. The Hall–Kier alpha value is -0.480. The molecule has 2 nitrogen and oxygen atoms in total. The van der Waals surface area contributed by atoms with E-state index in [1.807, 2.05) is 6.07 Å². The van der Waals surface area contributed by atoms with Crippen LogP contribution in [0.15, 0.2) is 26.8 Å². The highest BCUT2D eigenvalue weighted by Gasteiger charge is 1.99. The number of allylic oxidation sites excluding steroid dienone is 1. The number of rotatable bonds is 2. The second-order valence-corrected chi connectivity index (χ2v) is 4.30. The van der Waals surface area contributed by atoms with E-state index in [9.17, 15) is 4.79 Å². The summed E-state index contributed by atoms with van der Waals surface area (Å²) in [6.45, 7) is 1.74. The molecule has 4 heteroatoms. The van der Waals surface area contributed by atoms with Gasteiger partial charge < -0.3 is 0 Å². The third-order valence-electron chi connectivity index (χ3n) is 1.39. The molecule has 0 amide bonds. The molecule has 0 aliphatic heterocycles. The van der Waals surface area contributed by atoms with E-state index in [1.54, 1.807) is 19.2 Å². The van der Waals surface area contributed by atoms with Crippen molar-refractivity contribution in [3.63, 3.8) is 0 Å². The van der Waals surface area contributed by atoms with Crippen LogP contribution in [0.4, 0.5) is 0 Å². The smallest absolute Gasteiger partial charge is 0.145 e. The number of hydrogen-bond donors (Lipinski definition) is 0. The lowest BCUT2D eigenvalue weighted by Crippen LogP contribution is -1.85. The lowest BCUT2D eigenvalue weighted by atomic mass is 10.2. The molecule has 0 N–H and O–H groups in total. The fraction of sp³-hybridized carbons (Fsp3) is 0.111. The molecule has 1 heterocycles. The zero-order valence-electron chi connectivity index (χ0n) is 6.92. The van der Waals surface area contributed by atoms with Crippen LogP contribution in [0.5, 0.6) is 0 Å². The molecule has 0 unspecified atom stereocenters. The highest BCUT2D eigenvalue weighted by molar-refractivity contribution is 9.11. The van der Waals surface area contributed by atoms with Gasteiger partial charge in [0.05, 0.1) is 5.69 Å². The number of halogens is 2. The maximum Gasteiger partial charge on any atom is 0.145 e. The van der Waals surface area contributed by atoms with Crippen molar-refractivity contribution >= 4 is 44.2 Å². The Labute approximate surface area is 93.3 Å². The third-order valence-corrected chi connectivity index (χ3v) is 2.46. The highest BCUT2D eigenvalue weighted by Crippen LogP contribution is 2.21. The summed E-state index contributed by atoms with van der Waals surface area (Å²) in [4.78, 5) is 14.5. The van der Waals surface area contributed by atoms with Gasteiger partial charge in [0.25, 0.3) is 0 Å². The Morgan fingerprint density at radius 1 is 1.54 bits per heavy atom. The number of hydrogen-bond acceptors (Lipinski definition) is 2. The minimum absolute atomic E-state index is 0.649. The van der Waals surface area contributed by atoms with Gasteiger partial charge in [-0.3, -0.25) is 9.78 Å². The average Bonchev–Trinajstić information content (AvgIpc) is 2.09. The minimum atomic E-state index is 0.649. The molecule has 0 aliphatic carbocycles. The third kappa shape index (κ3) is 3.04. The maximum atomic E-state index is 10.4. The predicted octanol–water partition coefficient (Wildman–Crippen LogP) is 3.21. The summed E-state index contributed by atoms with van der Waals surface area (Å²) in [7, 11) is 0. The van der Waals surface area contributed by atoms with E-state index in [0.717, 1.165) is 20.9 Å². The van der Waals surface area contributed by atoms with Crippen molar-refractivity contribution in [1.82, 2.24) is 4.98 Å². The molecule has 0 fully saturated rings. The molecule has 0 spiro atoms. The average molecular weight is 305 g/mol. The highest BCUT2D eigenvalue weighted by atomic mass is 79.9. The van der Waals surface area contributed by atoms with Gasteiger partial charge in [0.15, 0.2) is 0 Å². The first kappa shape index (κ1) is 10.6. The van der Waals surface area contributed by atoms with Crippen molar-refractivity contribution in [2.45, 2.75) is 6.92 Å². The number of carbonyl (C=O) groups is 1. The van der Waals surface area contributed by atoms with Crippen molar-refractivity contribution in [2.75, 3.05) is 0 Å². The summed E-state index contributed by atoms with van der Waals surface area (Å²) in [5, 5.41) is 0. The fourth-order valence-corrected chi connectivity index (χ4v) is 1.88. The van der Waals surface area contributed by atoms with Crippen molar-refractivity contribution in [1.29, 1.82) is 0 Å². The fourth-order valence-electron chi connectivity index (χ4n) is 0.781. The second kappa shape index (κ2) is 4.67. The van der Waals surface area contributed by atoms with E-state index in [0.29, 0.717) is 5.57 Å². The van der Waals surface area contributed by atoms with Crippen molar-refractivity contribution < 1.29 is 4.79 Å². The van der Waals surface area contributed by atoms with Gasteiger partial charge in [0.2, 0.25) is 0 Å². The van der Waals surface area contributed by atoms with Crippen LogP contribution in [0.25, 0.3) is 6.08 Å². The van der Waals surface area contributed by atoms with E-state index >= 15 is 0 Å². The Morgan fingerprint density at radius 2 is 2.23 bits per heavy atom. The molecule has 0 aromatic carbocycles. The van der Waals surface area contributed by atoms with Gasteiger partial charge in [-0.15, -0.1) is 0 Å². The number of pyridine rings is 1. The maximum absolute atomic E-state index is 10.4. The summed E-state index contributed by atoms with van der Waals surface area (Å²) in [6, 6.07) is 1.89. The largest absolute Gasteiger partial charge is 0.298 e. The van der Waals surface area contributed by atoms with E-state index in [2.05, 4.69) is 36.8 Å².